The van der Waals surface area contributed by atoms with Crippen LogP contribution in [0.25, 0.3) is 0 Å². The van der Waals surface area contributed by atoms with E-state index in [0.717, 1.165) is 0 Å². The van der Waals surface area contributed by atoms with Crippen LogP contribution in [0.4, 0.5) is 0 Å². The summed E-state index contributed by atoms with van der Waals surface area (Å²) < 4.78 is 45.0. The largest absolute Gasteiger partial charge is 0.394 e. The Balaban J connectivity index is 2.31. The summed E-state index contributed by atoms with van der Waals surface area (Å²) in [4.78, 5) is 0. The Hall–Kier alpha value is -0.870. The molecule has 0 radical (unpaired) electrons. The van der Waals surface area contributed by atoms with Crippen molar-refractivity contribution >= 4 is 12.9 Å². The van der Waals surface area contributed by atoms with E-state index in [2.05, 4.69) is 0 Å². The van der Waals surface area contributed by atoms with E-state index in [9.17, 15) is 4.57 Å². The van der Waals surface area contributed by atoms with E-state index >= 15 is 0 Å². The Bertz CT molecular complexity index is 491. The average Bonchev–Trinajstić information content (AvgIpc) is 2.72. The SMILES string of the molecule is O=P(OCCOCCOCCO)(OCCOCCOCCO)c1ccccc1. The molecular formula is C18H31O9P. The molecule has 9 nitrogen and oxygen atoms in total. The average molecular weight is 422 g/mol. The van der Waals surface area contributed by atoms with Gasteiger partial charge in [-0.3, -0.25) is 4.57 Å². The number of benzene rings is 1. The van der Waals surface area contributed by atoms with E-state index in [-0.39, 0.29) is 52.9 Å². The van der Waals surface area contributed by atoms with Crippen molar-refractivity contribution in [2.75, 3.05) is 79.3 Å². The molecule has 0 amide bonds. The Morgan fingerprint density at radius 1 is 0.607 bits per heavy atom. The molecule has 0 aliphatic carbocycles. The molecule has 1 rings (SSSR count). The van der Waals surface area contributed by atoms with Crippen LogP contribution in [0.15, 0.2) is 30.3 Å². The Morgan fingerprint density at radius 3 is 1.43 bits per heavy atom. The molecule has 1 aromatic rings. The number of rotatable bonds is 19. The number of aliphatic hydroxyl groups excluding tert-OH is 2. The predicted molar refractivity (Wildman–Crippen MR) is 103 cm³/mol. The molecule has 10 heteroatoms. The fraction of sp³-hybridized carbons (Fsp3) is 0.667. The first kappa shape index (κ1) is 25.2. The monoisotopic (exact) mass is 422 g/mol. The fourth-order valence-electron chi connectivity index (χ4n) is 2.00. The van der Waals surface area contributed by atoms with Gasteiger partial charge in [0.15, 0.2) is 0 Å². The quantitative estimate of drug-likeness (QED) is 0.244. The summed E-state index contributed by atoms with van der Waals surface area (Å²) in [5.74, 6) is 0. The van der Waals surface area contributed by atoms with Gasteiger partial charge in [-0.25, -0.2) is 0 Å². The Labute approximate surface area is 166 Å². The summed E-state index contributed by atoms with van der Waals surface area (Å²) in [6.07, 6.45) is 0. The lowest BCUT2D eigenvalue weighted by Gasteiger charge is -2.19. The first-order valence-corrected chi connectivity index (χ1v) is 10.7. The molecule has 162 valence electrons. The molecule has 0 atom stereocenters. The van der Waals surface area contributed by atoms with Gasteiger partial charge in [-0.05, 0) is 12.1 Å². The fourth-order valence-corrected chi connectivity index (χ4v) is 3.54. The van der Waals surface area contributed by atoms with Crippen molar-refractivity contribution in [3.63, 3.8) is 0 Å². The highest BCUT2D eigenvalue weighted by atomic mass is 31.2. The van der Waals surface area contributed by atoms with Gasteiger partial charge in [0.1, 0.15) is 0 Å². The molecule has 0 aliphatic rings. The van der Waals surface area contributed by atoms with Crippen LogP contribution in [-0.2, 0) is 32.6 Å². The lowest BCUT2D eigenvalue weighted by atomic mass is 10.4. The van der Waals surface area contributed by atoms with Crippen LogP contribution in [0.1, 0.15) is 0 Å². The van der Waals surface area contributed by atoms with Crippen molar-refractivity contribution in [1.29, 1.82) is 0 Å². The van der Waals surface area contributed by atoms with Gasteiger partial charge in [0, 0.05) is 0 Å². The van der Waals surface area contributed by atoms with Gasteiger partial charge in [0.05, 0.1) is 84.6 Å². The predicted octanol–water partition coefficient (Wildman–Crippen LogP) is 0.589. The molecule has 0 aromatic heterocycles. The van der Waals surface area contributed by atoms with E-state index in [1.54, 1.807) is 24.3 Å². The number of ether oxygens (including phenoxy) is 4. The van der Waals surface area contributed by atoms with E-state index in [1.165, 1.54) is 0 Å². The highest BCUT2D eigenvalue weighted by Crippen LogP contribution is 2.46. The molecule has 0 spiro atoms. The van der Waals surface area contributed by atoms with Crippen molar-refractivity contribution in [2.45, 2.75) is 0 Å². The summed E-state index contributed by atoms with van der Waals surface area (Å²) in [6, 6.07) is 8.72. The lowest BCUT2D eigenvalue weighted by molar-refractivity contribution is 0.0178. The summed E-state index contributed by atoms with van der Waals surface area (Å²) in [7, 11) is -3.49. The minimum absolute atomic E-state index is 0.0277. The Morgan fingerprint density at radius 2 is 1.00 bits per heavy atom. The van der Waals surface area contributed by atoms with Crippen LogP contribution in [0.2, 0.25) is 0 Å². The van der Waals surface area contributed by atoms with E-state index in [4.69, 9.17) is 38.2 Å². The summed E-state index contributed by atoms with van der Waals surface area (Å²) in [5.41, 5.74) is 0. The van der Waals surface area contributed by atoms with Crippen molar-refractivity contribution < 1.29 is 42.8 Å². The van der Waals surface area contributed by atoms with E-state index in [1.807, 2.05) is 6.07 Å². The maximum Gasteiger partial charge on any atom is 0.361 e. The third-order valence-electron chi connectivity index (χ3n) is 3.27. The summed E-state index contributed by atoms with van der Waals surface area (Å²) in [6.45, 7) is 2.60. The molecule has 0 fully saturated rings. The standard InChI is InChI=1S/C18H31O9P/c19-6-8-22-10-12-24-14-16-26-28(21,18-4-2-1-3-5-18)27-17-15-25-13-11-23-9-7-20/h1-5,19-20H,6-17H2. The third-order valence-corrected chi connectivity index (χ3v) is 5.24. The van der Waals surface area contributed by atoms with E-state index in [0.29, 0.717) is 31.7 Å². The molecular weight excluding hydrogens is 391 g/mol. The second-order valence-corrected chi connectivity index (χ2v) is 7.42. The molecule has 0 aliphatic heterocycles. The van der Waals surface area contributed by atoms with Crippen molar-refractivity contribution in [2.24, 2.45) is 0 Å². The van der Waals surface area contributed by atoms with Gasteiger partial charge in [0.2, 0.25) is 0 Å². The maximum atomic E-state index is 13.1. The van der Waals surface area contributed by atoms with Crippen LogP contribution in [0.5, 0.6) is 0 Å². The number of hydrogen-bond acceptors (Lipinski definition) is 9. The van der Waals surface area contributed by atoms with Crippen LogP contribution < -0.4 is 5.30 Å². The van der Waals surface area contributed by atoms with Gasteiger partial charge >= 0.3 is 7.60 Å². The smallest absolute Gasteiger partial charge is 0.361 e. The minimum Gasteiger partial charge on any atom is -0.394 e. The zero-order valence-electron chi connectivity index (χ0n) is 16.1. The van der Waals surface area contributed by atoms with Gasteiger partial charge < -0.3 is 38.2 Å². The second kappa shape index (κ2) is 17.0. The first-order valence-electron chi connectivity index (χ1n) is 9.20. The Kier molecular flexibility index (Phi) is 15.3. The highest BCUT2D eigenvalue weighted by Gasteiger charge is 2.27. The maximum absolute atomic E-state index is 13.1. The molecule has 2 N–H and O–H groups in total. The van der Waals surface area contributed by atoms with Gasteiger partial charge in [0.25, 0.3) is 0 Å². The van der Waals surface area contributed by atoms with Gasteiger partial charge in [-0.1, -0.05) is 18.2 Å². The highest BCUT2D eigenvalue weighted by molar-refractivity contribution is 7.62. The summed E-state index contributed by atoms with van der Waals surface area (Å²) in [5, 5.41) is 17.7. The molecule has 0 saturated heterocycles. The minimum atomic E-state index is -3.49. The van der Waals surface area contributed by atoms with Crippen LogP contribution in [0, 0.1) is 0 Å². The molecule has 1 aromatic carbocycles. The molecule has 28 heavy (non-hydrogen) atoms. The molecule has 0 heterocycles. The normalized spacial score (nSPS) is 11.8. The van der Waals surface area contributed by atoms with Crippen molar-refractivity contribution in [3.8, 4) is 0 Å². The molecule has 0 bridgehead atoms. The second-order valence-electron chi connectivity index (χ2n) is 5.40. The third kappa shape index (κ3) is 11.9. The van der Waals surface area contributed by atoms with E-state index < -0.39 is 7.60 Å². The zero-order valence-corrected chi connectivity index (χ0v) is 17.0. The first-order chi connectivity index (χ1) is 13.7. The lowest BCUT2D eigenvalue weighted by Crippen LogP contribution is -2.16. The van der Waals surface area contributed by atoms with Gasteiger partial charge in [-0.15, -0.1) is 0 Å². The molecule has 0 unspecified atom stereocenters. The number of hydrogen-bond donors (Lipinski definition) is 2. The van der Waals surface area contributed by atoms with Crippen LogP contribution in [-0.4, -0.2) is 89.5 Å². The summed E-state index contributed by atoms with van der Waals surface area (Å²) >= 11 is 0. The van der Waals surface area contributed by atoms with Crippen LogP contribution in [0.3, 0.4) is 0 Å². The van der Waals surface area contributed by atoms with Crippen LogP contribution >= 0.6 is 7.60 Å². The van der Waals surface area contributed by atoms with Crippen molar-refractivity contribution in [1.82, 2.24) is 0 Å². The number of aliphatic hydroxyl groups is 2. The topological polar surface area (TPSA) is 113 Å². The zero-order chi connectivity index (χ0) is 20.3. The molecule has 0 saturated carbocycles. The van der Waals surface area contributed by atoms with Crippen molar-refractivity contribution in [3.05, 3.63) is 30.3 Å². The van der Waals surface area contributed by atoms with Gasteiger partial charge in [-0.2, -0.15) is 0 Å².